The molecule has 1 aromatic rings. The van der Waals surface area contributed by atoms with E-state index in [0.717, 1.165) is 0 Å². The first-order valence-electron chi connectivity index (χ1n) is 4.86. The summed E-state index contributed by atoms with van der Waals surface area (Å²) in [7, 11) is 0. The highest BCUT2D eigenvalue weighted by Crippen LogP contribution is 2.32. The van der Waals surface area contributed by atoms with Gasteiger partial charge in [0.2, 0.25) is 0 Å². The molecule has 0 fully saturated rings. The fourth-order valence-corrected chi connectivity index (χ4v) is 1.81. The molecule has 2 nitrogen and oxygen atoms in total. The molecule has 1 atom stereocenters. The van der Waals surface area contributed by atoms with Gasteiger partial charge in [0.25, 0.3) is 0 Å². The summed E-state index contributed by atoms with van der Waals surface area (Å²) in [4.78, 5) is 0. The van der Waals surface area contributed by atoms with E-state index in [9.17, 15) is 9.50 Å². The number of hydrogen-bond donors (Lipinski definition) is 2. The second-order valence-corrected chi connectivity index (χ2v) is 4.89. The van der Waals surface area contributed by atoms with E-state index in [4.69, 9.17) is 5.73 Å². The van der Waals surface area contributed by atoms with Crippen LogP contribution in [0.3, 0.4) is 0 Å². The predicted octanol–water partition coefficient (Wildman–Crippen LogP) is 3.34. The first kappa shape index (κ1) is 12.5. The van der Waals surface area contributed by atoms with Crippen LogP contribution in [0.15, 0.2) is 16.6 Å². The van der Waals surface area contributed by atoms with Crippen molar-refractivity contribution in [2.24, 2.45) is 11.7 Å². The van der Waals surface area contributed by atoms with E-state index in [2.05, 4.69) is 15.9 Å². The lowest BCUT2D eigenvalue weighted by Crippen LogP contribution is -2.13. The van der Waals surface area contributed by atoms with E-state index in [1.165, 1.54) is 0 Å². The Morgan fingerprint density at radius 2 is 2.07 bits per heavy atom. The van der Waals surface area contributed by atoms with Crippen LogP contribution in [0.25, 0.3) is 0 Å². The van der Waals surface area contributed by atoms with E-state index in [1.807, 2.05) is 13.8 Å². The van der Waals surface area contributed by atoms with Crippen molar-refractivity contribution in [3.8, 4) is 5.75 Å². The Kier molecular flexibility index (Phi) is 4.11. The zero-order valence-corrected chi connectivity index (χ0v) is 10.4. The third-order valence-electron chi connectivity index (χ3n) is 2.23. The third-order valence-corrected chi connectivity index (χ3v) is 2.84. The number of phenolic OH excluding ortho intramolecular Hbond substituents is 1. The van der Waals surface area contributed by atoms with Crippen molar-refractivity contribution in [3.05, 3.63) is 28.0 Å². The van der Waals surface area contributed by atoms with Gasteiger partial charge in [0.1, 0.15) is 0 Å². The fraction of sp³-hybridized carbons (Fsp3) is 0.455. The number of aromatic hydroxyl groups is 1. The normalized spacial score (nSPS) is 13.2. The number of halogens is 2. The zero-order valence-electron chi connectivity index (χ0n) is 8.80. The second kappa shape index (κ2) is 4.94. The summed E-state index contributed by atoms with van der Waals surface area (Å²) in [5, 5.41) is 9.58. The average molecular weight is 276 g/mol. The number of benzene rings is 1. The minimum absolute atomic E-state index is 0.250. The Morgan fingerprint density at radius 3 is 2.60 bits per heavy atom. The Bertz CT molecular complexity index is 355. The lowest BCUT2D eigenvalue weighted by Gasteiger charge is -2.16. The molecule has 15 heavy (non-hydrogen) atoms. The molecule has 0 aliphatic rings. The van der Waals surface area contributed by atoms with Crippen LogP contribution in [0.5, 0.6) is 5.75 Å². The fourth-order valence-electron chi connectivity index (χ4n) is 1.49. The monoisotopic (exact) mass is 275 g/mol. The quantitative estimate of drug-likeness (QED) is 0.889. The molecular formula is C11H15BrFNO. The third kappa shape index (κ3) is 2.92. The summed E-state index contributed by atoms with van der Waals surface area (Å²) in [6, 6.07) is 2.88. The summed E-state index contributed by atoms with van der Waals surface area (Å²) in [5.74, 6) is -0.588. The van der Waals surface area contributed by atoms with Crippen molar-refractivity contribution in [1.29, 1.82) is 0 Å². The van der Waals surface area contributed by atoms with E-state index < -0.39 is 5.82 Å². The molecule has 0 saturated heterocycles. The SMILES string of the molecule is CC(C)C[C@H](N)c1ccc(Br)c(F)c1O. The molecule has 0 bridgehead atoms. The van der Waals surface area contributed by atoms with Crippen molar-refractivity contribution in [1.82, 2.24) is 0 Å². The van der Waals surface area contributed by atoms with Gasteiger partial charge >= 0.3 is 0 Å². The Balaban J connectivity index is 3.00. The zero-order chi connectivity index (χ0) is 11.6. The molecule has 1 aromatic carbocycles. The molecule has 0 heterocycles. The molecule has 84 valence electrons. The molecule has 0 amide bonds. The van der Waals surface area contributed by atoms with Gasteiger partial charge in [-0.25, -0.2) is 4.39 Å². The molecular weight excluding hydrogens is 261 g/mol. The first-order valence-corrected chi connectivity index (χ1v) is 5.65. The Hall–Kier alpha value is -0.610. The van der Waals surface area contributed by atoms with Crippen LogP contribution in [0.1, 0.15) is 31.9 Å². The van der Waals surface area contributed by atoms with Gasteiger partial charge in [-0.1, -0.05) is 19.9 Å². The molecule has 0 aliphatic heterocycles. The van der Waals surface area contributed by atoms with Crippen LogP contribution in [0.4, 0.5) is 4.39 Å². The average Bonchev–Trinajstić information content (AvgIpc) is 2.13. The van der Waals surface area contributed by atoms with Gasteiger partial charge in [0, 0.05) is 11.6 Å². The van der Waals surface area contributed by atoms with Crippen molar-refractivity contribution >= 4 is 15.9 Å². The highest BCUT2D eigenvalue weighted by atomic mass is 79.9. The summed E-state index contributed by atoms with van der Waals surface area (Å²) in [6.07, 6.45) is 0.717. The van der Waals surface area contributed by atoms with Crippen LogP contribution < -0.4 is 5.73 Å². The second-order valence-electron chi connectivity index (χ2n) is 4.04. The van der Waals surface area contributed by atoms with Gasteiger partial charge in [-0.3, -0.25) is 0 Å². The lowest BCUT2D eigenvalue weighted by atomic mass is 9.97. The maximum Gasteiger partial charge on any atom is 0.179 e. The van der Waals surface area contributed by atoms with Crippen molar-refractivity contribution < 1.29 is 9.50 Å². The molecule has 0 aromatic heterocycles. The number of rotatable bonds is 3. The number of nitrogens with two attached hydrogens (primary N) is 1. The van der Waals surface area contributed by atoms with Gasteiger partial charge in [-0.05, 0) is 34.3 Å². The van der Waals surface area contributed by atoms with Crippen molar-refractivity contribution in [2.45, 2.75) is 26.3 Å². The van der Waals surface area contributed by atoms with Gasteiger partial charge in [0.15, 0.2) is 11.6 Å². The standard InChI is InChI=1S/C11H15BrFNO/c1-6(2)5-9(14)7-3-4-8(12)10(13)11(7)15/h3-4,6,9,15H,5,14H2,1-2H3/t9-/m0/s1. The molecule has 3 N–H and O–H groups in total. The van der Waals surface area contributed by atoms with Crippen LogP contribution in [0, 0.1) is 11.7 Å². The summed E-state index contributed by atoms with van der Waals surface area (Å²) < 4.78 is 13.6. The lowest BCUT2D eigenvalue weighted by molar-refractivity contribution is 0.410. The Morgan fingerprint density at radius 1 is 1.47 bits per heavy atom. The number of hydrogen-bond acceptors (Lipinski definition) is 2. The summed E-state index contributed by atoms with van der Waals surface area (Å²) in [5.41, 5.74) is 6.34. The minimum atomic E-state index is -0.647. The molecule has 0 radical (unpaired) electrons. The molecule has 0 saturated carbocycles. The predicted molar refractivity (Wildman–Crippen MR) is 62.1 cm³/mol. The smallest absolute Gasteiger partial charge is 0.179 e. The van der Waals surface area contributed by atoms with Gasteiger partial charge < -0.3 is 10.8 Å². The summed E-state index contributed by atoms with van der Waals surface area (Å²) >= 11 is 3.00. The highest BCUT2D eigenvalue weighted by Gasteiger charge is 2.17. The van der Waals surface area contributed by atoms with Crippen LogP contribution in [-0.4, -0.2) is 5.11 Å². The highest BCUT2D eigenvalue weighted by molar-refractivity contribution is 9.10. The molecule has 0 aliphatic carbocycles. The van der Waals surface area contributed by atoms with Crippen molar-refractivity contribution in [2.75, 3.05) is 0 Å². The van der Waals surface area contributed by atoms with E-state index in [-0.39, 0.29) is 16.3 Å². The summed E-state index contributed by atoms with van der Waals surface area (Å²) in [6.45, 7) is 4.07. The Labute approximate surface area is 97.4 Å². The maximum atomic E-state index is 13.3. The minimum Gasteiger partial charge on any atom is -0.505 e. The van der Waals surface area contributed by atoms with E-state index in [0.29, 0.717) is 17.9 Å². The van der Waals surface area contributed by atoms with Crippen LogP contribution >= 0.6 is 15.9 Å². The number of phenols is 1. The maximum absolute atomic E-state index is 13.3. The van der Waals surface area contributed by atoms with Crippen molar-refractivity contribution in [3.63, 3.8) is 0 Å². The topological polar surface area (TPSA) is 46.2 Å². The van der Waals surface area contributed by atoms with Gasteiger partial charge in [-0.15, -0.1) is 0 Å². The van der Waals surface area contributed by atoms with Gasteiger partial charge in [0.05, 0.1) is 4.47 Å². The van der Waals surface area contributed by atoms with E-state index >= 15 is 0 Å². The van der Waals surface area contributed by atoms with Crippen LogP contribution in [0.2, 0.25) is 0 Å². The first-order chi connectivity index (χ1) is 6.93. The largest absolute Gasteiger partial charge is 0.505 e. The van der Waals surface area contributed by atoms with Crippen LogP contribution in [-0.2, 0) is 0 Å². The van der Waals surface area contributed by atoms with E-state index in [1.54, 1.807) is 12.1 Å². The molecule has 0 unspecified atom stereocenters. The molecule has 0 spiro atoms. The molecule has 4 heteroatoms. The van der Waals surface area contributed by atoms with Gasteiger partial charge in [-0.2, -0.15) is 0 Å². The molecule has 1 rings (SSSR count).